The number of benzene rings is 1. The Morgan fingerprint density at radius 2 is 1.35 bits per heavy atom. The number of aryl methyl sites for hydroxylation is 2. The van der Waals surface area contributed by atoms with Crippen LogP contribution in [0, 0.1) is 6.92 Å². The van der Waals surface area contributed by atoms with Gasteiger partial charge in [-0.15, -0.1) is 0 Å². The van der Waals surface area contributed by atoms with E-state index in [1.54, 1.807) is 0 Å². The van der Waals surface area contributed by atoms with Gasteiger partial charge in [-0.3, -0.25) is 9.59 Å². The second-order valence-corrected chi connectivity index (χ2v) is 3.95. The number of carboxylic acid groups (broad SMARTS) is 2. The summed E-state index contributed by atoms with van der Waals surface area (Å²) in [6.07, 6.45) is 1.03. The SMILES string of the molecule is [CH2]c1cc(CCC(=O)O)cc(CCC(=O)O)c1. The molecule has 0 heterocycles. The van der Waals surface area contributed by atoms with Crippen molar-refractivity contribution in [3.63, 3.8) is 0 Å². The highest BCUT2D eigenvalue weighted by atomic mass is 16.4. The maximum absolute atomic E-state index is 10.5. The fraction of sp³-hybridized carbons (Fsp3) is 0.308. The molecule has 0 saturated carbocycles. The maximum Gasteiger partial charge on any atom is 0.303 e. The molecule has 0 spiro atoms. The molecular formula is C13H15O4. The van der Waals surface area contributed by atoms with Gasteiger partial charge in [0.05, 0.1) is 0 Å². The Balaban J connectivity index is 2.71. The lowest BCUT2D eigenvalue weighted by molar-refractivity contribution is -0.137. The van der Waals surface area contributed by atoms with E-state index in [1.165, 1.54) is 0 Å². The van der Waals surface area contributed by atoms with E-state index < -0.39 is 11.9 Å². The Morgan fingerprint density at radius 3 is 1.71 bits per heavy atom. The molecular weight excluding hydrogens is 220 g/mol. The molecule has 1 aromatic carbocycles. The number of carbonyl (C=O) groups is 2. The van der Waals surface area contributed by atoms with Gasteiger partial charge in [0.15, 0.2) is 0 Å². The fourth-order valence-corrected chi connectivity index (χ4v) is 1.63. The summed E-state index contributed by atoms with van der Waals surface area (Å²) in [6.45, 7) is 3.80. The van der Waals surface area contributed by atoms with Crippen molar-refractivity contribution in [3.8, 4) is 0 Å². The molecule has 1 rings (SSSR count). The lowest BCUT2D eigenvalue weighted by atomic mass is 10.0. The van der Waals surface area contributed by atoms with E-state index in [1.807, 2.05) is 18.2 Å². The topological polar surface area (TPSA) is 74.6 Å². The Hall–Kier alpha value is -1.84. The highest BCUT2D eigenvalue weighted by Crippen LogP contribution is 2.13. The number of rotatable bonds is 6. The maximum atomic E-state index is 10.5. The zero-order valence-electron chi connectivity index (χ0n) is 9.48. The third-order valence-corrected chi connectivity index (χ3v) is 2.37. The summed E-state index contributed by atoms with van der Waals surface area (Å²) >= 11 is 0. The molecule has 0 atom stereocenters. The first-order chi connectivity index (χ1) is 7.97. The van der Waals surface area contributed by atoms with Gasteiger partial charge < -0.3 is 10.2 Å². The van der Waals surface area contributed by atoms with E-state index >= 15 is 0 Å². The first-order valence-electron chi connectivity index (χ1n) is 5.36. The van der Waals surface area contributed by atoms with E-state index in [-0.39, 0.29) is 12.8 Å². The number of aliphatic carboxylic acids is 2. The minimum absolute atomic E-state index is 0.0713. The van der Waals surface area contributed by atoms with Crippen LogP contribution in [0.3, 0.4) is 0 Å². The summed E-state index contributed by atoms with van der Waals surface area (Å²) in [4.78, 5) is 20.9. The van der Waals surface area contributed by atoms with E-state index in [0.717, 1.165) is 16.7 Å². The molecule has 0 aliphatic rings. The Labute approximate surface area is 99.9 Å². The van der Waals surface area contributed by atoms with Crippen LogP contribution in [-0.2, 0) is 22.4 Å². The van der Waals surface area contributed by atoms with Crippen molar-refractivity contribution < 1.29 is 19.8 Å². The molecule has 1 aromatic rings. The molecule has 4 heteroatoms. The van der Waals surface area contributed by atoms with Crippen LogP contribution in [0.15, 0.2) is 18.2 Å². The predicted molar refractivity (Wildman–Crippen MR) is 62.8 cm³/mol. The molecule has 0 bridgehead atoms. The second-order valence-electron chi connectivity index (χ2n) is 3.95. The molecule has 0 aliphatic heterocycles. The van der Waals surface area contributed by atoms with Crippen LogP contribution in [0.2, 0.25) is 0 Å². The van der Waals surface area contributed by atoms with E-state index in [9.17, 15) is 9.59 Å². The van der Waals surface area contributed by atoms with Crippen molar-refractivity contribution in [3.05, 3.63) is 41.8 Å². The molecule has 0 amide bonds. The van der Waals surface area contributed by atoms with Crippen LogP contribution < -0.4 is 0 Å². The Bertz CT molecular complexity index is 387. The number of hydrogen-bond acceptors (Lipinski definition) is 2. The Kier molecular flexibility index (Phi) is 4.69. The van der Waals surface area contributed by atoms with Gasteiger partial charge in [-0.2, -0.15) is 0 Å². The zero-order chi connectivity index (χ0) is 12.8. The van der Waals surface area contributed by atoms with Gasteiger partial charge in [0, 0.05) is 12.8 Å². The highest BCUT2D eigenvalue weighted by molar-refractivity contribution is 5.67. The largest absolute Gasteiger partial charge is 0.481 e. The van der Waals surface area contributed by atoms with Gasteiger partial charge in [-0.05, 0) is 36.5 Å². The summed E-state index contributed by atoms with van der Waals surface area (Å²) in [5, 5.41) is 17.2. The van der Waals surface area contributed by atoms with Crippen molar-refractivity contribution in [1.82, 2.24) is 0 Å². The van der Waals surface area contributed by atoms with E-state index in [0.29, 0.717) is 12.8 Å². The monoisotopic (exact) mass is 235 g/mol. The number of carboxylic acids is 2. The van der Waals surface area contributed by atoms with Crippen molar-refractivity contribution in [2.45, 2.75) is 25.7 Å². The smallest absolute Gasteiger partial charge is 0.303 e. The molecule has 4 nitrogen and oxygen atoms in total. The summed E-state index contributed by atoms with van der Waals surface area (Å²) in [7, 11) is 0. The fourth-order valence-electron chi connectivity index (χ4n) is 1.63. The highest BCUT2D eigenvalue weighted by Gasteiger charge is 2.04. The van der Waals surface area contributed by atoms with Crippen LogP contribution in [0.4, 0.5) is 0 Å². The van der Waals surface area contributed by atoms with Crippen LogP contribution in [0.1, 0.15) is 29.5 Å². The normalized spacial score (nSPS) is 10.2. The molecule has 1 radical (unpaired) electrons. The summed E-state index contributed by atoms with van der Waals surface area (Å²) < 4.78 is 0. The molecule has 91 valence electrons. The van der Waals surface area contributed by atoms with Crippen LogP contribution in [0.5, 0.6) is 0 Å². The van der Waals surface area contributed by atoms with Crippen LogP contribution in [-0.4, -0.2) is 22.2 Å². The van der Waals surface area contributed by atoms with Gasteiger partial charge in [0.25, 0.3) is 0 Å². The predicted octanol–water partition coefficient (Wildman–Crippen LogP) is 1.90. The third-order valence-electron chi connectivity index (χ3n) is 2.37. The molecule has 0 saturated heterocycles. The standard InChI is InChI=1S/C13H15O4/c1-9-6-10(2-4-12(14)15)8-11(7-9)3-5-13(16)17/h6-8H,1-5H2,(H,14,15)(H,16,17). The van der Waals surface area contributed by atoms with Crippen molar-refractivity contribution in [2.75, 3.05) is 0 Å². The first kappa shape index (κ1) is 13.2. The van der Waals surface area contributed by atoms with Gasteiger partial charge in [0.2, 0.25) is 0 Å². The summed E-state index contributed by atoms with van der Waals surface area (Å²) in [5.74, 6) is -1.68. The Morgan fingerprint density at radius 1 is 0.941 bits per heavy atom. The molecule has 0 unspecified atom stereocenters. The summed E-state index contributed by atoms with van der Waals surface area (Å²) in [6, 6.07) is 5.50. The average molecular weight is 235 g/mol. The quantitative estimate of drug-likeness (QED) is 0.789. The lowest BCUT2D eigenvalue weighted by Crippen LogP contribution is -2.01. The minimum Gasteiger partial charge on any atom is -0.481 e. The van der Waals surface area contributed by atoms with Crippen molar-refractivity contribution >= 4 is 11.9 Å². The second kappa shape index (κ2) is 6.03. The van der Waals surface area contributed by atoms with Crippen LogP contribution >= 0.6 is 0 Å². The summed E-state index contributed by atoms with van der Waals surface area (Å²) in [5.41, 5.74) is 2.56. The molecule has 0 aliphatic carbocycles. The lowest BCUT2D eigenvalue weighted by Gasteiger charge is -2.06. The molecule has 0 fully saturated rings. The van der Waals surface area contributed by atoms with Gasteiger partial charge in [0.1, 0.15) is 0 Å². The molecule has 2 N–H and O–H groups in total. The van der Waals surface area contributed by atoms with Gasteiger partial charge in [-0.1, -0.05) is 18.2 Å². The molecule has 17 heavy (non-hydrogen) atoms. The van der Waals surface area contributed by atoms with Crippen molar-refractivity contribution in [2.24, 2.45) is 0 Å². The third kappa shape index (κ3) is 5.15. The number of hydrogen-bond donors (Lipinski definition) is 2. The first-order valence-corrected chi connectivity index (χ1v) is 5.36. The van der Waals surface area contributed by atoms with E-state index in [4.69, 9.17) is 10.2 Å². The minimum atomic E-state index is -0.841. The van der Waals surface area contributed by atoms with Crippen molar-refractivity contribution in [1.29, 1.82) is 0 Å². The van der Waals surface area contributed by atoms with Gasteiger partial charge >= 0.3 is 11.9 Å². The zero-order valence-corrected chi connectivity index (χ0v) is 9.48. The van der Waals surface area contributed by atoms with Gasteiger partial charge in [-0.25, -0.2) is 0 Å². The van der Waals surface area contributed by atoms with E-state index in [2.05, 4.69) is 6.92 Å². The average Bonchev–Trinajstić information content (AvgIpc) is 2.23. The van der Waals surface area contributed by atoms with Crippen LogP contribution in [0.25, 0.3) is 0 Å². The molecule has 0 aromatic heterocycles.